The minimum atomic E-state index is -4.40. The molecular weight excluding hydrogens is 459 g/mol. The number of β-amino-alcohol motifs (C(OH)–C–C–N with tert-alkyl or cyclic N) is 1. The lowest BCUT2D eigenvalue weighted by Gasteiger charge is -2.36. The van der Waals surface area contributed by atoms with E-state index in [1.54, 1.807) is 0 Å². The van der Waals surface area contributed by atoms with E-state index < -0.39 is 17.8 Å². The standard InChI is InChI=1S/C20H22F3N3OS.3C2H6/c21-20(22,23)14-5-6-19-17(11-14)26(16-3-1-2-4-18(16)28-19)13-15(27)12-25-9-7-24-8-10-25;3*1-2/h1-6,11,15,24,27H,7-10,12-13H2;3*1-2H3. The van der Waals surface area contributed by atoms with Crippen LogP contribution in [0.4, 0.5) is 24.5 Å². The van der Waals surface area contributed by atoms with Gasteiger partial charge in [0.1, 0.15) is 0 Å². The zero-order chi connectivity index (χ0) is 25.7. The summed E-state index contributed by atoms with van der Waals surface area (Å²) in [6.45, 7) is 16.2. The van der Waals surface area contributed by atoms with E-state index in [2.05, 4.69) is 10.2 Å². The van der Waals surface area contributed by atoms with Crippen molar-refractivity contribution in [2.24, 2.45) is 0 Å². The van der Waals surface area contributed by atoms with Crippen molar-refractivity contribution in [3.05, 3.63) is 48.0 Å². The number of fused-ring (bicyclic) bond motifs is 2. The number of piperazine rings is 1. The highest BCUT2D eigenvalue weighted by molar-refractivity contribution is 7.99. The fourth-order valence-electron chi connectivity index (χ4n) is 3.66. The Balaban J connectivity index is 0.000000894. The minimum absolute atomic E-state index is 0.246. The first kappa shape index (κ1) is 30.3. The Hall–Kier alpha value is -1.74. The smallest absolute Gasteiger partial charge is 0.390 e. The van der Waals surface area contributed by atoms with Crippen LogP contribution in [-0.4, -0.2) is 55.4 Å². The van der Waals surface area contributed by atoms with Crippen LogP contribution < -0.4 is 10.2 Å². The quantitative estimate of drug-likeness (QED) is 0.493. The molecule has 1 unspecified atom stereocenters. The maximum absolute atomic E-state index is 13.3. The molecule has 4 nitrogen and oxygen atoms in total. The van der Waals surface area contributed by atoms with Crippen molar-refractivity contribution in [1.29, 1.82) is 0 Å². The van der Waals surface area contributed by atoms with Gasteiger partial charge in [-0.25, -0.2) is 0 Å². The van der Waals surface area contributed by atoms with Crippen LogP contribution in [0.3, 0.4) is 0 Å². The molecule has 0 aliphatic carbocycles. The summed E-state index contributed by atoms with van der Waals surface area (Å²) in [5.74, 6) is 0. The Morgan fingerprint density at radius 2 is 1.47 bits per heavy atom. The first-order valence-corrected chi connectivity index (χ1v) is 13.1. The number of hydrogen-bond acceptors (Lipinski definition) is 5. The molecule has 1 saturated heterocycles. The highest BCUT2D eigenvalue weighted by Crippen LogP contribution is 2.49. The van der Waals surface area contributed by atoms with Gasteiger partial charge >= 0.3 is 6.18 Å². The number of halogens is 3. The number of anilines is 2. The van der Waals surface area contributed by atoms with Crippen LogP contribution >= 0.6 is 11.8 Å². The molecule has 192 valence electrons. The Morgan fingerprint density at radius 3 is 2.09 bits per heavy atom. The second-order valence-corrected chi connectivity index (χ2v) is 8.15. The molecule has 2 N–H and O–H groups in total. The minimum Gasteiger partial charge on any atom is -0.390 e. The zero-order valence-electron chi connectivity index (χ0n) is 21.2. The zero-order valence-corrected chi connectivity index (χ0v) is 22.1. The van der Waals surface area contributed by atoms with Crippen molar-refractivity contribution in [1.82, 2.24) is 10.2 Å². The van der Waals surface area contributed by atoms with Gasteiger partial charge in [-0.3, -0.25) is 4.90 Å². The van der Waals surface area contributed by atoms with E-state index in [1.807, 2.05) is 70.7 Å². The number of alkyl halides is 3. The third kappa shape index (κ3) is 8.18. The molecule has 1 fully saturated rings. The van der Waals surface area contributed by atoms with Gasteiger partial charge in [0.25, 0.3) is 0 Å². The molecule has 2 heterocycles. The fraction of sp³-hybridized carbons (Fsp3) is 0.538. The van der Waals surface area contributed by atoms with Crippen LogP contribution in [0.15, 0.2) is 52.3 Å². The van der Waals surface area contributed by atoms with E-state index >= 15 is 0 Å². The lowest BCUT2D eigenvalue weighted by Crippen LogP contribution is -2.48. The first-order valence-electron chi connectivity index (χ1n) is 12.3. The van der Waals surface area contributed by atoms with E-state index in [9.17, 15) is 18.3 Å². The van der Waals surface area contributed by atoms with Gasteiger partial charge in [0.2, 0.25) is 0 Å². The molecule has 0 saturated carbocycles. The molecule has 8 heteroatoms. The summed E-state index contributed by atoms with van der Waals surface area (Å²) in [4.78, 5) is 5.74. The van der Waals surface area contributed by atoms with E-state index in [4.69, 9.17) is 0 Å². The highest BCUT2D eigenvalue weighted by Gasteiger charge is 2.33. The molecular formula is C26H40F3N3OS. The lowest BCUT2D eigenvalue weighted by molar-refractivity contribution is -0.137. The van der Waals surface area contributed by atoms with Crippen LogP contribution in [0.2, 0.25) is 0 Å². The summed E-state index contributed by atoms with van der Waals surface area (Å²) in [6, 6.07) is 11.5. The van der Waals surface area contributed by atoms with Crippen molar-refractivity contribution >= 4 is 23.1 Å². The molecule has 0 amide bonds. The molecule has 2 aromatic carbocycles. The van der Waals surface area contributed by atoms with Gasteiger partial charge in [-0.05, 0) is 30.3 Å². The second kappa shape index (κ2) is 15.3. The topological polar surface area (TPSA) is 38.7 Å². The summed E-state index contributed by atoms with van der Waals surface area (Å²) in [7, 11) is 0. The lowest BCUT2D eigenvalue weighted by atomic mass is 10.1. The molecule has 0 spiro atoms. The van der Waals surface area contributed by atoms with Crippen molar-refractivity contribution in [3.8, 4) is 0 Å². The number of rotatable bonds is 4. The third-order valence-corrected chi connectivity index (χ3v) is 6.16. The van der Waals surface area contributed by atoms with Gasteiger partial charge in [0, 0.05) is 42.5 Å². The fourth-order valence-corrected chi connectivity index (χ4v) is 4.74. The first-order chi connectivity index (χ1) is 16.4. The van der Waals surface area contributed by atoms with Gasteiger partial charge in [-0.2, -0.15) is 13.2 Å². The van der Waals surface area contributed by atoms with Crippen LogP contribution in [0, 0.1) is 0 Å². The maximum atomic E-state index is 13.3. The van der Waals surface area contributed by atoms with Crippen molar-refractivity contribution < 1.29 is 18.3 Å². The van der Waals surface area contributed by atoms with E-state index in [0.29, 0.717) is 12.2 Å². The van der Waals surface area contributed by atoms with Gasteiger partial charge in [-0.15, -0.1) is 0 Å². The van der Waals surface area contributed by atoms with Crippen LogP contribution in [0.5, 0.6) is 0 Å². The monoisotopic (exact) mass is 499 g/mol. The van der Waals surface area contributed by atoms with Gasteiger partial charge in [0.05, 0.1) is 29.6 Å². The Bertz CT molecular complexity index is 842. The molecule has 0 radical (unpaired) electrons. The predicted octanol–water partition coefficient (Wildman–Crippen LogP) is 6.65. The number of aliphatic hydroxyl groups is 1. The molecule has 4 rings (SSSR count). The maximum Gasteiger partial charge on any atom is 0.416 e. The molecule has 2 aliphatic heterocycles. The Kier molecular flexibility index (Phi) is 13.6. The number of nitrogens with zero attached hydrogens (tertiary/aromatic N) is 2. The van der Waals surface area contributed by atoms with Crippen LogP contribution in [0.25, 0.3) is 0 Å². The van der Waals surface area contributed by atoms with Gasteiger partial charge in [0.15, 0.2) is 0 Å². The van der Waals surface area contributed by atoms with Gasteiger partial charge in [-0.1, -0.05) is 65.4 Å². The average molecular weight is 500 g/mol. The SMILES string of the molecule is CC.CC.CC.OC(CN1CCNCC1)CN1c2ccccc2Sc2ccc(C(F)(F)F)cc21. The largest absolute Gasteiger partial charge is 0.416 e. The summed E-state index contributed by atoms with van der Waals surface area (Å²) in [5.41, 5.74) is 0.657. The van der Waals surface area contributed by atoms with E-state index in [1.165, 1.54) is 23.9 Å². The van der Waals surface area contributed by atoms with E-state index in [-0.39, 0.29) is 6.54 Å². The number of hydrogen-bond donors (Lipinski definition) is 2. The summed E-state index contributed by atoms with van der Waals surface area (Å²) in [6.07, 6.45) is -5.07. The third-order valence-electron chi connectivity index (χ3n) is 5.02. The predicted molar refractivity (Wildman–Crippen MR) is 138 cm³/mol. The van der Waals surface area contributed by atoms with E-state index in [0.717, 1.165) is 47.7 Å². The van der Waals surface area contributed by atoms with Crippen molar-refractivity contribution in [2.75, 3.05) is 44.2 Å². The molecule has 34 heavy (non-hydrogen) atoms. The normalized spacial score (nSPS) is 15.8. The number of aliphatic hydroxyl groups excluding tert-OH is 1. The molecule has 2 aliphatic rings. The van der Waals surface area contributed by atoms with Crippen molar-refractivity contribution in [3.63, 3.8) is 0 Å². The average Bonchev–Trinajstić information content (AvgIpc) is 2.87. The molecule has 2 aromatic rings. The highest BCUT2D eigenvalue weighted by atomic mass is 32.2. The number of nitrogens with one attached hydrogen (secondary N) is 1. The molecule has 0 aromatic heterocycles. The van der Waals surface area contributed by atoms with Gasteiger partial charge < -0.3 is 15.3 Å². The van der Waals surface area contributed by atoms with Crippen molar-refractivity contribution in [2.45, 2.75) is 63.6 Å². The molecule has 1 atom stereocenters. The molecule has 0 bridgehead atoms. The number of para-hydroxylation sites is 1. The summed E-state index contributed by atoms with van der Waals surface area (Å²) < 4.78 is 39.8. The second-order valence-electron chi connectivity index (χ2n) is 7.07. The summed E-state index contributed by atoms with van der Waals surface area (Å²) >= 11 is 1.46. The van der Waals surface area contributed by atoms with Crippen LogP contribution in [0.1, 0.15) is 47.1 Å². The van der Waals surface area contributed by atoms with Crippen LogP contribution in [-0.2, 0) is 6.18 Å². The number of benzene rings is 2. The Labute approximate surface area is 207 Å². The Morgan fingerprint density at radius 1 is 0.882 bits per heavy atom. The summed E-state index contributed by atoms with van der Waals surface area (Å²) in [5, 5.41) is 14.0.